The summed E-state index contributed by atoms with van der Waals surface area (Å²) in [6.45, 7) is 4.47. The maximum Gasteiger partial charge on any atom is 0.269 e. The molecule has 0 atom stereocenters. The largest absolute Gasteiger partial charge is 0.370 e. The number of rotatable bonds is 5. The molecule has 0 aromatic heterocycles. The predicted octanol–water partition coefficient (Wildman–Crippen LogP) is 1.80. The number of benzene rings is 1. The second-order valence-electron chi connectivity index (χ2n) is 3.29. The van der Waals surface area contributed by atoms with Crippen LogP contribution >= 0.6 is 24.0 Å². The average molecular weight is 362 g/mol. The van der Waals surface area contributed by atoms with Crippen molar-refractivity contribution in [1.29, 1.82) is 0 Å². The van der Waals surface area contributed by atoms with Gasteiger partial charge in [-0.15, -0.1) is 30.6 Å². The number of halogens is 1. The summed E-state index contributed by atoms with van der Waals surface area (Å²) in [6.07, 6.45) is 1.67. The number of non-ortho nitro benzene ring substituents is 1. The van der Waals surface area contributed by atoms with Gasteiger partial charge in [0, 0.05) is 18.7 Å². The Morgan fingerprint density at radius 2 is 2.11 bits per heavy atom. The highest BCUT2D eigenvalue weighted by molar-refractivity contribution is 14.0. The van der Waals surface area contributed by atoms with E-state index in [9.17, 15) is 10.1 Å². The van der Waals surface area contributed by atoms with Crippen LogP contribution in [0.4, 0.5) is 5.69 Å². The highest BCUT2D eigenvalue weighted by Gasteiger charge is 2.03. The molecule has 0 saturated carbocycles. The zero-order valence-corrected chi connectivity index (χ0v) is 12.0. The number of hydrogen-bond acceptors (Lipinski definition) is 3. The van der Waals surface area contributed by atoms with Gasteiger partial charge in [0.05, 0.1) is 11.5 Å². The van der Waals surface area contributed by atoms with Crippen molar-refractivity contribution in [3.05, 3.63) is 52.6 Å². The predicted molar refractivity (Wildman–Crippen MR) is 82.0 cm³/mol. The molecule has 0 heterocycles. The molecule has 3 N–H and O–H groups in total. The van der Waals surface area contributed by atoms with E-state index in [2.05, 4.69) is 16.9 Å². The van der Waals surface area contributed by atoms with Crippen LogP contribution in [-0.4, -0.2) is 17.4 Å². The first-order valence-electron chi connectivity index (χ1n) is 5.01. The number of nitro benzene ring substituents is 1. The third kappa shape index (κ3) is 5.62. The molecule has 0 unspecified atom stereocenters. The van der Waals surface area contributed by atoms with Gasteiger partial charge in [0.25, 0.3) is 5.69 Å². The van der Waals surface area contributed by atoms with Crippen LogP contribution in [0.5, 0.6) is 0 Å². The molecule has 1 aromatic carbocycles. The van der Waals surface area contributed by atoms with E-state index in [0.29, 0.717) is 19.0 Å². The second kappa shape index (κ2) is 8.45. The first kappa shape index (κ1) is 16.4. The van der Waals surface area contributed by atoms with Crippen LogP contribution in [-0.2, 0) is 6.54 Å². The maximum absolute atomic E-state index is 10.4. The van der Waals surface area contributed by atoms with Gasteiger partial charge in [0.2, 0.25) is 0 Å². The van der Waals surface area contributed by atoms with Gasteiger partial charge in [-0.3, -0.25) is 10.1 Å². The van der Waals surface area contributed by atoms with Crippen LogP contribution in [0.2, 0.25) is 0 Å². The number of nitro groups is 1. The smallest absolute Gasteiger partial charge is 0.269 e. The summed E-state index contributed by atoms with van der Waals surface area (Å²) < 4.78 is 0. The summed E-state index contributed by atoms with van der Waals surface area (Å²) in [7, 11) is 0. The van der Waals surface area contributed by atoms with Gasteiger partial charge in [-0.1, -0.05) is 18.2 Å². The SMILES string of the molecule is C=CCNC(N)=NCc1ccc([N+](=O)[O-])cc1.I. The van der Waals surface area contributed by atoms with Gasteiger partial charge in [-0.25, -0.2) is 4.99 Å². The van der Waals surface area contributed by atoms with E-state index in [4.69, 9.17) is 5.73 Å². The zero-order chi connectivity index (χ0) is 12.7. The van der Waals surface area contributed by atoms with E-state index in [-0.39, 0.29) is 29.7 Å². The topological polar surface area (TPSA) is 93.5 Å². The molecule has 6 nitrogen and oxygen atoms in total. The Bertz CT molecular complexity index is 431. The molecule has 0 radical (unpaired) electrons. The van der Waals surface area contributed by atoms with Crippen LogP contribution in [0, 0.1) is 10.1 Å². The van der Waals surface area contributed by atoms with Gasteiger partial charge in [0.1, 0.15) is 0 Å². The first-order chi connectivity index (χ1) is 8.13. The summed E-state index contributed by atoms with van der Waals surface area (Å²) in [5, 5.41) is 13.3. The van der Waals surface area contributed by atoms with E-state index < -0.39 is 4.92 Å². The fourth-order valence-electron chi connectivity index (χ4n) is 1.13. The van der Waals surface area contributed by atoms with E-state index in [0.717, 1.165) is 5.56 Å². The lowest BCUT2D eigenvalue weighted by Gasteiger charge is -2.02. The lowest BCUT2D eigenvalue weighted by molar-refractivity contribution is -0.384. The molecular formula is C11H15IN4O2. The van der Waals surface area contributed by atoms with Crippen molar-refractivity contribution in [1.82, 2.24) is 5.32 Å². The van der Waals surface area contributed by atoms with E-state index in [1.165, 1.54) is 12.1 Å². The summed E-state index contributed by atoms with van der Waals surface area (Å²) >= 11 is 0. The lowest BCUT2D eigenvalue weighted by atomic mass is 10.2. The number of guanidine groups is 1. The van der Waals surface area contributed by atoms with Crippen LogP contribution in [0.1, 0.15) is 5.56 Å². The fourth-order valence-corrected chi connectivity index (χ4v) is 1.13. The Morgan fingerprint density at radius 1 is 1.50 bits per heavy atom. The highest BCUT2D eigenvalue weighted by atomic mass is 127. The molecule has 0 saturated heterocycles. The van der Waals surface area contributed by atoms with Crippen molar-refractivity contribution in [2.24, 2.45) is 10.7 Å². The molecule has 1 aromatic rings. The molecule has 0 aliphatic heterocycles. The summed E-state index contributed by atoms with van der Waals surface area (Å²) in [5.74, 6) is 0.322. The average Bonchev–Trinajstić information content (AvgIpc) is 2.34. The molecule has 7 heteroatoms. The van der Waals surface area contributed by atoms with Gasteiger partial charge in [-0.05, 0) is 5.56 Å². The van der Waals surface area contributed by atoms with Gasteiger partial charge < -0.3 is 11.1 Å². The van der Waals surface area contributed by atoms with Gasteiger partial charge in [0.15, 0.2) is 5.96 Å². The Labute approximate surface area is 122 Å². The molecule has 0 aliphatic rings. The maximum atomic E-state index is 10.4. The summed E-state index contributed by atoms with van der Waals surface area (Å²) in [4.78, 5) is 14.1. The number of nitrogens with zero attached hydrogens (tertiary/aromatic N) is 2. The Morgan fingerprint density at radius 3 is 2.61 bits per heavy atom. The molecule has 0 fully saturated rings. The van der Waals surface area contributed by atoms with Crippen molar-refractivity contribution in [3.63, 3.8) is 0 Å². The minimum Gasteiger partial charge on any atom is -0.370 e. The van der Waals surface area contributed by atoms with Crippen molar-refractivity contribution in [2.45, 2.75) is 6.54 Å². The molecule has 1 rings (SSSR count). The minimum absolute atomic E-state index is 0. The normalized spacial score (nSPS) is 10.3. The van der Waals surface area contributed by atoms with Crippen LogP contribution in [0.15, 0.2) is 41.9 Å². The Balaban J connectivity index is 0.00000289. The highest BCUT2D eigenvalue weighted by Crippen LogP contribution is 2.12. The third-order valence-electron chi connectivity index (χ3n) is 2.01. The first-order valence-corrected chi connectivity index (χ1v) is 5.01. The van der Waals surface area contributed by atoms with Crippen LogP contribution in [0.3, 0.4) is 0 Å². The molecule has 98 valence electrons. The lowest BCUT2D eigenvalue weighted by Crippen LogP contribution is -2.31. The van der Waals surface area contributed by atoms with Crippen molar-refractivity contribution >= 4 is 35.6 Å². The number of nitrogens with one attached hydrogen (secondary N) is 1. The Hall–Kier alpha value is -1.64. The van der Waals surface area contributed by atoms with Crippen LogP contribution in [0.25, 0.3) is 0 Å². The van der Waals surface area contributed by atoms with Gasteiger partial charge >= 0.3 is 0 Å². The number of nitrogens with two attached hydrogens (primary N) is 1. The Kier molecular flexibility index (Phi) is 7.68. The molecule has 18 heavy (non-hydrogen) atoms. The molecule has 0 spiro atoms. The van der Waals surface area contributed by atoms with E-state index in [1.54, 1.807) is 18.2 Å². The zero-order valence-electron chi connectivity index (χ0n) is 9.70. The van der Waals surface area contributed by atoms with Crippen molar-refractivity contribution in [2.75, 3.05) is 6.54 Å². The van der Waals surface area contributed by atoms with Crippen molar-refractivity contribution in [3.8, 4) is 0 Å². The van der Waals surface area contributed by atoms with Crippen LogP contribution < -0.4 is 11.1 Å². The van der Waals surface area contributed by atoms with E-state index in [1.807, 2.05) is 0 Å². The number of hydrogen-bond donors (Lipinski definition) is 2. The minimum atomic E-state index is -0.437. The summed E-state index contributed by atoms with van der Waals surface area (Å²) in [5.41, 5.74) is 6.49. The fraction of sp³-hybridized carbons (Fsp3) is 0.182. The quantitative estimate of drug-likeness (QED) is 0.209. The second-order valence-corrected chi connectivity index (χ2v) is 3.29. The molecular weight excluding hydrogens is 347 g/mol. The monoisotopic (exact) mass is 362 g/mol. The standard InChI is InChI=1S/C11H14N4O2.HI/c1-2-7-13-11(12)14-8-9-3-5-10(6-4-9)15(16)17;/h2-6H,1,7-8H2,(H3,12,13,14);1H. The molecule has 0 amide bonds. The van der Waals surface area contributed by atoms with E-state index >= 15 is 0 Å². The van der Waals surface area contributed by atoms with Crippen molar-refractivity contribution < 1.29 is 4.92 Å². The van der Waals surface area contributed by atoms with Gasteiger partial charge in [-0.2, -0.15) is 0 Å². The molecule has 0 bridgehead atoms. The summed E-state index contributed by atoms with van der Waals surface area (Å²) in [6, 6.07) is 6.20. The third-order valence-corrected chi connectivity index (χ3v) is 2.01. The number of aliphatic imine (C=N–C) groups is 1. The molecule has 0 aliphatic carbocycles.